The smallest absolute Gasteiger partial charge is 0.193 e. The number of anilines is 1. The molecule has 0 atom stereocenters. The molecule has 1 aromatic rings. The second-order valence-electron chi connectivity index (χ2n) is 4.62. The second-order valence-corrected chi connectivity index (χ2v) is 4.62. The number of methoxy groups -OCH3 is 2. The minimum Gasteiger partial charge on any atom is -0.493 e. The normalized spacial score (nSPS) is 11.0. The Morgan fingerprint density at radius 1 is 1.24 bits per heavy atom. The van der Waals surface area contributed by atoms with E-state index in [4.69, 9.17) is 15.2 Å². The molecule has 21 heavy (non-hydrogen) atoms. The third kappa shape index (κ3) is 7.37. The van der Waals surface area contributed by atoms with E-state index in [1.165, 1.54) is 0 Å². The summed E-state index contributed by atoms with van der Waals surface area (Å²) in [5, 5.41) is 3.03. The molecule has 120 valence electrons. The van der Waals surface area contributed by atoms with Gasteiger partial charge in [-0.25, -0.2) is 0 Å². The van der Waals surface area contributed by atoms with E-state index in [1.54, 1.807) is 14.2 Å². The number of halogens is 1. The van der Waals surface area contributed by atoms with Gasteiger partial charge in [0.05, 0.1) is 14.2 Å². The molecule has 0 bridgehead atoms. The van der Waals surface area contributed by atoms with Crippen LogP contribution >= 0.6 is 24.0 Å². The number of nitrogens with zero attached hydrogens (tertiary/aromatic N) is 2. The van der Waals surface area contributed by atoms with Gasteiger partial charge in [0.1, 0.15) is 0 Å². The minimum absolute atomic E-state index is 0. The van der Waals surface area contributed by atoms with Crippen molar-refractivity contribution < 1.29 is 9.47 Å². The topological polar surface area (TPSA) is 72.1 Å². The lowest BCUT2D eigenvalue weighted by atomic mass is 10.3. The van der Waals surface area contributed by atoms with Crippen LogP contribution in [0.2, 0.25) is 0 Å². The van der Waals surface area contributed by atoms with Crippen molar-refractivity contribution in [1.82, 2.24) is 4.90 Å². The number of hydrogen-bond acceptors (Lipinski definition) is 4. The summed E-state index contributed by atoms with van der Waals surface area (Å²) in [6.07, 6.45) is 0.974. The predicted octanol–water partition coefficient (Wildman–Crippen LogP) is 2.00. The van der Waals surface area contributed by atoms with Gasteiger partial charge in [0, 0.05) is 18.3 Å². The van der Waals surface area contributed by atoms with E-state index >= 15 is 0 Å². The lowest BCUT2D eigenvalue weighted by Gasteiger charge is -2.11. The summed E-state index contributed by atoms with van der Waals surface area (Å²) in [5.41, 5.74) is 6.65. The first-order chi connectivity index (χ1) is 9.56. The van der Waals surface area contributed by atoms with Gasteiger partial charge in [-0.2, -0.15) is 0 Å². The van der Waals surface area contributed by atoms with Crippen molar-refractivity contribution in [2.75, 3.05) is 46.7 Å². The first kappa shape index (κ1) is 19.8. The number of ether oxygens (including phenoxy) is 2. The van der Waals surface area contributed by atoms with Crippen molar-refractivity contribution in [3.8, 4) is 11.5 Å². The number of rotatable bonds is 7. The number of nitrogens with two attached hydrogens (primary N) is 1. The maximum atomic E-state index is 5.84. The van der Waals surface area contributed by atoms with Gasteiger partial charge in [0.2, 0.25) is 0 Å². The Balaban J connectivity index is 0.00000400. The van der Waals surface area contributed by atoms with Crippen molar-refractivity contribution >= 4 is 35.6 Å². The van der Waals surface area contributed by atoms with E-state index < -0.39 is 0 Å². The predicted molar refractivity (Wildman–Crippen MR) is 98.2 cm³/mol. The van der Waals surface area contributed by atoms with Gasteiger partial charge in [0.15, 0.2) is 17.5 Å². The lowest BCUT2D eigenvalue weighted by Crippen LogP contribution is -2.23. The summed E-state index contributed by atoms with van der Waals surface area (Å²) in [6.45, 7) is 1.69. The van der Waals surface area contributed by atoms with E-state index in [9.17, 15) is 0 Å². The number of nitrogens with one attached hydrogen (secondary N) is 1. The molecule has 0 saturated carbocycles. The molecule has 0 amide bonds. The molecule has 0 radical (unpaired) electrons. The van der Waals surface area contributed by atoms with Gasteiger partial charge in [-0.3, -0.25) is 4.99 Å². The van der Waals surface area contributed by atoms with Crippen LogP contribution in [-0.4, -0.2) is 52.3 Å². The summed E-state index contributed by atoms with van der Waals surface area (Å²) in [5.74, 6) is 1.73. The summed E-state index contributed by atoms with van der Waals surface area (Å²) in [4.78, 5) is 6.39. The Morgan fingerprint density at radius 2 is 1.90 bits per heavy atom. The Labute approximate surface area is 143 Å². The third-order valence-corrected chi connectivity index (χ3v) is 2.70. The molecule has 0 saturated heterocycles. The van der Waals surface area contributed by atoms with Gasteiger partial charge in [-0.1, -0.05) is 0 Å². The summed E-state index contributed by atoms with van der Waals surface area (Å²) >= 11 is 0. The fourth-order valence-corrected chi connectivity index (χ4v) is 1.69. The average Bonchev–Trinajstić information content (AvgIpc) is 2.43. The molecule has 6 nitrogen and oxygen atoms in total. The third-order valence-electron chi connectivity index (χ3n) is 2.70. The number of hydrogen-bond donors (Lipinski definition) is 2. The van der Waals surface area contributed by atoms with Gasteiger partial charge in [-0.15, -0.1) is 24.0 Å². The summed E-state index contributed by atoms with van der Waals surface area (Å²) in [7, 11) is 7.27. The molecule has 1 rings (SSSR count). The standard InChI is InChI=1S/C14H24N4O2.HI/c1-18(2)9-5-8-16-14(15)17-11-6-7-12(19-3)13(10-11)20-4;/h6-7,10H,5,8-9H2,1-4H3,(H3,15,16,17);1H. The minimum atomic E-state index is 0. The van der Waals surface area contributed by atoms with Crippen molar-refractivity contribution in [3.63, 3.8) is 0 Å². The zero-order chi connectivity index (χ0) is 15.0. The van der Waals surface area contributed by atoms with Gasteiger partial charge < -0.3 is 25.4 Å². The van der Waals surface area contributed by atoms with E-state index in [-0.39, 0.29) is 24.0 Å². The molecule has 0 aliphatic carbocycles. The number of benzene rings is 1. The first-order valence-corrected chi connectivity index (χ1v) is 6.50. The van der Waals surface area contributed by atoms with Crippen LogP contribution < -0.4 is 20.5 Å². The van der Waals surface area contributed by atoms with Crippen LogP contribution in [0.1, 0.15) is 6.42 Å². The maximum Gasteiger partial charge on any atom is 0.193 e. The van der Waals surface area contributed by atoms with Crippen molar-refractivity contribution in [3.05, 3.63) is 18.2 Å². The van der Waals surface area contributed by atoms with Crippen LogP contribution in [0.15, 0.2) is 23.2 Å². The molecule has 0 aromatic heterocycles. The zero-order valence-corrected chi connectivity index (χ0v) is 15.4. The molecule has 3 N–H and O–H groups in total. The fraction of sp³-hybridized carbons (Fsp3) is 0.500. The Hall–Kier alpha value is -1.22. The van der Waals surface area contributed by atoms with Crippen LogP contribution in [0, 0.1) is 0 Å². The van der Waals surface area contributed by atoms with Gasteiger partial charge >= 0.3 is 0 Å². The zero-order valence-electron chi connectivity index (χ0n) is 13.0. The van der Waals surface area contributed by atoms with Crippen molar-refractivity contribution in [2.24, 2.45) is 10.7 Å². The highest BCUT2D eigenvalue weighted by Gasteiger charge is 2.04. The van der Waals surface area contributed by atoms with E-state index in [0.29, 0.717) is 24.0 Å². The van der Waals surface area contributed by atoms with Crippen LogP contribution in [0.5, 0.6) is 11.5 Å². The Morgan fingerprint density at radius 3 is 2.48 bits per heavy atom. The Bertz CT molecular complexity index is 453. The molecule has 0 aliphatic heterocycles. The van der Waals surface area contributed by atoms with Crippen molar-refractivity contribution in [2.45, 2.75) is 6.42 Å². The maximum absolute atomic E-state index is 5.84. The van der Waals surface area contributed by atoms with Gasteiger partial charge in [-0.05, 0) is 39.2 Å². The van der Waals surface area contributed by atoms with Crippen LogP contribution in [0.4, 0.5) is 5.69 Å². The van der Waals surface area contributed by atoms with Crippen LogP contribution in [0.3, 0.4) is 0 Å². The molecule has 0 heterocycles. The quantitative estimate of drug-likeness (QED) is 0.313. The molecule has 0 spiro atoms. The highest BCUT2D eigenvalue weighted by Crippen LogP contribution is 2.29. The number of guanidine groups is 1. The summed E-state index contributed by atoms with van der Waals surface area (Å²) in [6, 6.07) is 5.51. The molecule has 0 fully saturated rings. The fourth-order valence-electron chi connectivity index (χ4n) is 1.69. The summed E-state index contributed by atoms with van der Waals surface area (Å²) < 4.78 is 10.4. The highest BCUT2D eigenvalue weighted by atomic mass is 127. The molecular formula is C14H25IN4O2. The Kier molecular flexibility index (Phi) is 9.89. The van der Waals surface area contributed by atoms with Crippen LogP contribution in [0.25, 0.3) is 0 Å². The van der Waals surface area contributed by atoms with Gasteiger partial charge in [0.25, 0.3) is 0 Å². The first-order valence-electron chi connectivity index (χ1n) is 6.50. The largest absolute Gasteiger partial charge is 0.493 e. The molecule has 0 unspecified atom stereocenters. The van der Waals surface area contributed by atoms with E-state index in [0.717, 1.165) is 18.7 Å². The molecule has 0 aliphatic rings. The van der Waals surface area contributed by atoms with Crippen molar-refractivity contribution in [1.29, 1.82) is 0 Å². The number of aliphatic imine (C=N–C) groups is 1. The average molecular weight is 408 g/mol. The molecular weight excluding hydrogens is 383 g/mol. The monoisotopic (exact) mass is 408 g/mol. The molecule has 1 aromatic carbocycles. The lowest BCUT2D eigenvalue weighted by molar-refractivity contribution is 0.355. The SMILES string of the molecule is COc1ccc(NC(N)=NCCCN(C)C)cc1OC.I. The molecule has 7 heteroatoms. The van der Waals surface area contributed by atoms with Crippen LogP contribution in [-0.2, 0) is 0 Å². The van der Waals surface area contributed by atoms with E-state index in [2.05, 4.69) is 15.2 Å². The highest BCUT2D eigenvalue weighted by molar-refractivity contribution is 14.0. The van der Waals surface area contributed by atoms with E-state index in [1.807, 2.05) is 32.3 Å². The second kappa shape index (κ2) is 10.5.